The minimum absolute atomic E-state index is 0.130. The number of aliphatic hydroxyl groups is 1. The normalized spacial score (nSPS) is 12.8. The fourth-order valence-corrected chi connectivity index (χ4v) is 2.27. The van der Waals surface area contributed by atoms with Gasteiger partial charge in [0.2, 0.25) is 0 Å². The molecule has 0 heterocycles. The van der Waals surface area contributed by atoms with Crippen molar-refractivity contribution in [2.75, 3.05) is 0 Å². The molecule has 1 nitrogen and oxygen atoms in total. The fourth-order valence-electron chi connectivity index (χ4n) is 2.27. The molecule has 0 atom stereocenters. The predicted octanol–water partition coefficient (Wildman–Crippen LogP) is 4.63. The Morgan fingerprint density at radius 1 is 1.05 bits per heavy atom. The van der Waals surface area contributed by atoms with Crippen LogP contribution in [-0.4, -0.2) is 5.11 Å². The third-order valence-electron chi connectivity index (χ3n) is 3.14. The van der Waals surface area contributed by atoms with Crippen LogP contribution in [0.2, 0.25) is 0 Å². The SMILES string of the molecule is CCCC(O)(CCC)c1ccc(F)c(C(F)(F)F)c1. The molecule has 1 rings (SSSR count). The van der Waals surface area contributed by atoms with E-state index in [0.29, 0.717) is 25.7 Å². The van der Waals surface area contributed by atoms with E-state index in [1.165, 1.54) is 6.07 Å². The third kappa shape index (κ3) is 3.69. The van der Waals surface area contributed by atoms with E-state index in [2.05, 4.69) is 0 Å². The van der Waals surface area contributed by atoms with Crippen LogP contribution in [0.4, 0.5) is 17.6 Å². The molecule has 0 amide bonds. The highest BCUT2D eigenvalue weighted by atomic mass is 19.4. The summed E-state index contributed by atoms with van der Waals surface area (Å²) >= 11 is 0. The van der Waals surface area contributed by atoms with Crippen molar-refractivity contribution in [1.82, 2.24) is 0 Å². The Hall–Kier alpha value is -1.10. The van der Waals surface area contributed by atoms with Gasteiger partial charge in [-0.25, -0.2) is 4.39 Å². The summed E-state index contributed by atoms with van der Waals surface area (Å²) in [6, 6.07) is 2.73. The van der Waals surface area contributed by atoms with Gasteiger partial charge in [-0.3, -0.25) is 0 Å². The van der Waals surface area contributed by atoms with Gasteiger partial charge in [-0.1, -0.05) is 32.8 Å². The molecule has 0 aromatic heterocycles. The lowest BCUT2D eigenvalue weighted by Crippen LogP contribution is -2.26. The first-order valence-corrected chi connectivity index (χ1v) is 6.34. The highest BCUT2D eigenvalue weighted by molar-refractivity contribution is 5.31. The van der Waals surface area contributed by atoms with Gasteiger partial charge in [-0.05, 0) is 30.5 Å². The zero-order valence-electron chi connectivity index (χ0n) is 11.0. The highest BCUT2D eigenvalue weighted by Gasteiger charge is 2.36. The first-order chi connectivity index (χ1) is 8.74. The van der Waals surface area contributed by atoms with Gasteiger partial charge in [0, 0.05) is 0 Å². The summed E-state index contributed by atoms with van der Waals surface area (Å²) in [5.41, 5.74) is -2.52. The van der Waals surface area contributed by atoms with E-state index < -0.39 is 23.2 Å². The van der Waals surface area contributed by atoms with E-state index >= 15 is 0 Å². The summed E-state index contributed by atoms with van der Waals surface area (Å²) in [6.07, 6.45) is -2.78. The number of alkyl halides is 3. The maximum absolute atomic E-state index is 13.2. The molecule has 5 heteroatoms. The van der Waals surface area contributed by atoms with Crippen LogP contribution in [0.25, 0.3) is 0 Å². The van der Waals surface area contributed by atoms with Crippen LogP contribution >= 0.6 is 0 Å². The molecule has 19 heavy (non-hydrogen) atoms. The smallest absolute Gasteiger partial charge is 0.385 e. The van der Waals surface area contributed by atoms with Gasteiger partial charge in [0.05, 0.1) is 11.2 Å². The lowest BCUT2D eigenvalue weighted by atomic mass is 9.84. The lowest BCUT2D eigenvalue weighted by Gasteiger charge is -2.29. The Bertz CT molecular complexity index is 420. The molecule has 108 valence electrons. The summed E-state index contributed by atoms with van der Waals surface area (Å²) in [5, 5.41) is 10.5. The zero-order valence-corrected chi connectivity index (χ0v) is 11.0. The van der Waals surface area contributed by atoms with Gasteiger partial charge >= 0.3 is 6.18 Å². The van der Waals surface area contributed by atoms with E-state index in [1.54, 1.807) is 0 Å². The van der Waals surface area contributed by atoms with Crippen LogP contribution < -0.4 is 0 Å². The molecule has 0 aliphatic heterocycles. The second kappa shape index (κ2) is 5.90. The van der Waals surface area contributed by atoms with Crippen molar-refractivity contribution in [1.29, 1.82) is 0 Å². The standard InChI is InChI=1S/C14H18F4O/c1-3-7-13(19,8-4-2)10-5-6-12(15)11(9-10)14(16,17)18/h5-6,9,19H,3-4,7-8H2,1-2H3. The van der Waals surface area contributed by atoms with Crippen molar-refractivity contribution in [3.8, 4) is 0 Å². The first kappa shape index (κ1) is 16.0. The molecule has 0 radical (unpaired) electrons. The number of hydrogen-bond donors (Lipinski definition) is 1. The lowest BCUT2D eigenvalue weighted by molar-refractivity contribution is -0.140. The molecule has 0 fully saturated rings. The average Bonchev–Trinajstić information content (AvgIpc) is 2.28. The minimum atomic E-state index is -4.75. The van der Waals surface area contributed by atoms with Gasteiger partial charge in [-0.2, -0.15) is 13.2 Å². The minimum Gasteiger partial charge on any atom is -0.385 e. The molecule has 0 saturated heterocycles. The monoisotopic (exact) mass is 278 g/mol. The van der Waals surface area contributed by atoms with Crippen LogP contribution in [0.1, 0.15) is 50.7 Å². The van der Waals surface area contributed by atoms with Crippen LogP contribution in [0.3, 0.4) is 0 Å². The van der Waals surface area contributed by atoms with Crippen molar-refractivity contribution < 1.29 is 22.7 Å². The van der Waals surface area contributed by atoms with Crippen molar-refractivity contribution in [2.24, 2.45) is 0 Å². The van der Waals surface area contributed by atoms with Gasteiger partial charge < -0.3 is 5.11 Å². The molecule has 0 aliphatic carbocycles. The van der Waals surface area contributed by atoms with Crippen molar-refractivity contribution >= 4 is 0 Å². The molecule has 0 spiro atoms. The second-order valence-electron chi connectivity index (χ2n) is 4.72. The van der Waals surface area contributed by atoms with Crippen molar-refractivity contribution in [2.45, 2.75) is 51.3 Å². The summed E-state index contributed by atoms with van der Waals surface area (Å²) in [6.45, 7) is 3.68. The molecular weight excluding hydrogens is 260 g/mol. The Kier molecular flexibility index (Phi) is 4.96. The van der Waals surface area contributed by atoms with Crippen LogP contribution in [-0.2, 0) is 11.8 Å². The van der Waals surface area contributed by atoms with Crippen LogP contribution in [0.5, 0.6) is 0 Å². The van der Waals surface area contributed by atoms with E-state index in [1.807, 2.05) is 13.8 Å². The molecule has 1 aromatic carbocycles. The van der Waals surface area contributed by atoms with Crippen LogP contribution in [0, 0.1) is 5.82 Å². The third-order valence-corrected chi connectivity index (χ3v) is 3.14. The van der Waals surface area contributed by atoms with Crippen molar-refractivity contribution in [3.63, 3.8) is 0 Å². The Morgan fingerprint density at radius 2 is 1.58 bits per heavy atom. The van der Waals surface area contributed by atoms with Gasteiger partial charge in [0.15, 0.2) is 0 Å². The van der Waals surface area contributed by atoms with E-state index in [9.17, 15) is 22.7 Å². The second-order valence-corrected chi connectivity index (χ2v) is 4.72. The van der Waals surface area contributed by atoms with E-state index in [4.69, 9.17) is 0 Å². The number of benzene rings is 1. The molecule has 0 aliphatic rings. The zero-order chi connectivity index (χ0) is 14.7. The molecule has 0 unspecified atom stereocenters. The maximum Gasteiger partial charge on any atom is 0.419 e. The van der Waals surface area contributed by atoms with E-state index in [-0.39, 0.29) is 5.56 Å². The summed E-state index contributed by atoms with van der Waals surface area (Å²) in [4.78, 5) is 0. The topological polar surface area (TPSA) is 20.2 Å². The number of hydrogen-bond acceptors (Lipinski definition) is 1. The van der Waals surface area contributed by atoms with Crippen LogP contribution in [0.15, 0.2) is 18.2 Å². The maximum atomic E-state index is 13.2. The Balaban J connectivity index is 3.26. The Labute approximate surface area is 110 Å². The summed E-state index contributed by atoms with van der Waals surface area (Å²) in [7, 11) is 0. The average molecular weight is 278 g/mol. The van der Waals surface area contributed by atoms with Crippen molar-refractivity contribution in [3.05, 3.63) is 35.1 Å². The first-order valence-electron chi connectivity index (χ1n) is 6.34. The summed E-state index contributed by atoms with van der Waals surface area (Å²) < 4.78 is 51.2. The Morgan fingerprint density at radius 3 is 2.00 bits per heavy atom. The molecule has 1 N–H and O–H groups in total. The largest absolute Gasteiger partial charge is 0.419 e. The number of rotatable bonds is 5. The summed E-state index contributed by atoms with van der Waals surface area (Å²) in [5.74, 6) is -1.31. The predicted molar refractivity (Wildman–Crippen MR) is 65.1 cm³/mol. The fraction of sp³-hybridized carbons (Fsp3) is 0.571. The molecule has 1 aromatic rings. The van der Waals surface area contributed by atoms with E-state index in [0.717, 1.165) is 12.1 Å². The molecule has 0 saturated carbocycles. The quantitative estimate of drug-likeness (QED) is 0.778. The molecular formula is C14H18F4O. The van der Waals surface area contributed by atoms with Gasteiger partial charge in [0.25, 0.3) is 0 Å². The molecule has 0 bridgehead atoms. The van der Waals surface area contributed by atoms with Gasteiger partial charge in [0.1, 0.15) is 5.82 Å². The highest BCUT2D eigenvalue weighted by Crippen LogP contribution is 2.37. The number of halogens is 4. The van der Waals surface area contributed by atoms with Gasteiger partial charge in [-0.15, -0.1) is 0 Å².